The maximum absolute atomic E-state index is 12.8. The molecule has 0 saturated carbocycles. The molecule has 2 N–H and O–H groups in total. The molecule has 7 heteroatoms. The van der Waals surface area contributed by atoms with Crippen LogP contribution in [0.15, 0.2) is 54.6 Å². The van der Waals surface area contributed by atoms with Crippen LogP contribution in [0.5, 0.6) is 0 Å². The summed E-state index contributed by atoms with van der Waals surface area (Å²) in [7, 11) is 1.40. The van der Waals surface area contributed by atoms with Gasteiger partial charge in [0.2, 0.25) is 6.10 Å². The molecule has 3 amide bonds. The quantitative estimate of drug-likeness (QED) is 0.676. The molecule has 0 aliphatic heterocycles. The van der Waals surface area contributed by atoms with Crippen molar-refractivity contribution in [3.8, 4) is 0 Å². The number of carbonyl (C=O) groups is 3. The van der Waals surface area contributed by atoms with E-state index in [0.29, 0.717) is 10.4 Å². The molecule has 1 heterocycles. The van der Waals surface area contributed by atoms with Crippen molar-refractivity contribution in [3.05, 3.63) is 70.6 Å². The van der Waals surface area contributed by atoms with Crippen LogP contribution in [0.1, 0.15) is 26.9 Å². The number of ether oxygens (including phenoxy) is 1. The minimum atomic E-state index is -1.24. The molecule has 3 aromatic rings. The highest BCUT2D eigenvalue weighted by Crippen LogP contribution is 2.32. The van der Waals surface area contributed by atoms with E-state index in [1.165, 1.54) is 18.4 Å². The number of carbonyl (C=O) groups excluding carboxylic acids is 3. The predicted octanol–water partition coefficient (Wildman–Crippen LogP) is 3.56. The molecule has 0 aliphatic rings. The largest absolute Gasteiger partial charge is 0.443 e. The number of imide groups is 1. The van der Waals surface area contributed by atoms with Crippen LogP contribution < -0.4 is 10.6 Å². The molecule has 3 rings (SSSR count). The van der Waals surface area contributed by atoms with Crippen molar-refractivity contribution in [2.75, 3.05) is 7.05 Å². The number of rotatable bonds is 4. The van der Waals surface area contributed by atoms with Gasteiger partial charge in [-0.2, -0.15) is 0 Å². The van der Waals surface area contributed by atoms with Gasteiger partial charge < -0.3 is 10.1 Å². The summed E-state index contributed by atoms with van der Waals surface area (Å²) in [5, 5.41) is 5.44. The molecule has 0 spiro atoms. The number of aryl methyl sites for hydroxylation is 1. The SMILES string of the molecule is CNC(=O)NC(=O)[C@H](OC(=O)c1sc2ccccc2c1C)c1ccccc1. The van der Waals surface area contributed by atoms with E-state index in [-0.39, 0.29) is 0 Å². The number of amides is 3. The predicted molar refractivity (Wildman–Crippen MR) is 104 cm³/mol. The van der Waals surface area contributed by atoms with Crippen LogP contribution in [0.25, 0.3) is 10.1 Å². The highest BCUT2D eigenvalue weighted by molar-refractivity contribution is 7.21. The summed E-state index contributed by atoms with van der Waals surface area (Å²) < 4.78 is 6.49. The van der Waals surface area contributed by atoms with Crippen LogP contribution in [0.4, 0.5) is 4.79 Å². The fourth-order valence-corrected chi connectivity index (χ4v) is 3.76. The van der Waals surface area contributed by atoms with Crippen molar-refractivity contribution in [1.82, 2.24) is 10.6 Å². The molecule has 2 aromatic carbocycles. The fourth-order valence-electron chi connectivity index (χ4n) is 2.67. The van der Waals surface area contributed by atoms with Gasteiger partial charge in [0.1, 0.15) is 4.88 Å². The van der Waals surface area contributed by atoms with Gasteiger partial charge in [0.05, 0.1) is 0 Å². The number of hydrogen-bond donors (Lipinski definition) is 2. The smallest absolute Gasteiger partial charge is 0.349 e. The Balaban J connectivity index is 1.90. The van der Waals surface area contributed by atoms with Gasteiger partial charge in [-0.25, -0.2) is 9.59 Å². The highest BCUT2D eigenvalue weighted by atomic mass is 32.1. The van der Waals surface area contributed by atoms with Crippen molar-refractivity contribution in [1.29, 1.82) is 0 Å². The first kappa shape index (κ1) is 18.6. The zero-order valence-corrected chi connectivity index (χ0v) is 15.6. The summed E-state index contributed by atoms with van der Waals surface area (Å²) >= 11 is 1.31. The van der Waals surface area contributed by atoms with Gasteiger partial charge in [0.25, 0.3) is 5.91 Å². The Bertz CT molecular complexity index is 998. The third-order valence-corrected chi connectivity index (χ3v) is 5.31. The molecule has 0 unspecified atom stereocenters. The monoisotopic (exact) mass is 382 g/mol. The van der Waals surface area contributed by atoms with Crippen LogP contribution >= 0.6 is 11.3 Å². The number of thiophene rings is 1. The van der Waals surface area contributed by atoms with Gasteiger partial charge in [0, 0.05) is 17.3 Å². The van der Waals surface area contributed by atoms with E-state index >= 15 is 0 Å². The summed E-state index contributed by atoms with van der Waals surface area (Å²) in [6.07, 6.45) is -1.24. The van der Waals surface area contributed by atoms with Crippen LogP contribution in [-0.4, -0.2) is 25.0 Å². The fraction of sp³-hybridized carbons (Fsp3) is 0.150. The molecule has 0 bridgehead atoms. The molecule has 0 aliphatic carbocycles. The van der Waals surface area contributed by atoms with Gasteiger partial charge in [0.15, 0.2) is 0 Å². The number of benzene rings is 2. The summed E-state index contributed by atoms with van der Waals surface area (Å²) in [6.45, 7) is 1.84. The lowest BCUT2D eigenvalue weighted by atomic mass is 10.1. The summed E-state index contributed by atoms with van der Waals surface area (Å²) in [5.74, 6) is -1.32. The number of fused-ring (bicyclic) bond motifs is 1. The maximum atomic E-state index is 12.8. The van der Waals surface area contributed by atoms with E-state index in [4.69, 9.17) is 4.74 Å². The van der Waals surface area contributed by atoms with E-state index in [2.05, 4.69) is 10.6 Å². The van der Waals surface area contributed by atoms with E-state index in [9.17, 15) is 14.4 Å². The molecule has 0 fully saturated rings. The first-order chi connectivity index (χ1) is 13.0. The number of esters is 1. The second kappa shape index (κ2) is 8.01. The van der Waals surface area contributed by atoms with Gasteiger partial charge in [-0.05, 0) is 23.9 Å². The Morgan fingerprint density at radius 3 is 2.33 bits per heavy atom. The molecule has 27 heavy (non-hydrogen) atoms. The van der Waals surface area contributed by atoms with Crippen molar-refractivity contribution in [3.63, 3.8) is 0 Å². The Hall–Kier alpha value is -3.19. The topological polar surface area (TPSA) is 84.5 Å². The molecular weight excluding hydrogens is 364 g/mol. The van der Waals surface area contributed by atoms with Crippen LogP contribution in [0.3, 0.4) is 0 Å². The average Bonchev–Trinajstić information content (AvgIpc) is 3.03. The normalized spacial score (nSPS) is 11.6. The summed E-state index contributed by atoms with van der Waals surface area (Å²) in [6, 6.07) is 15.6. The first-order valence-electron chi connectivity index (χ1n) is 8.28. The summed E-state index contributed by atoms with van der Waals surface area (Å²) in [4.78, 5) is 37.2. The molecular formula is C20H18N2O4S. The standard InChI is InChI=1S/C20H18N2O4S/c1-12-14-10-6-7-11-15(14)27-17(12)19(24)26-16(13-8-4-3-5-9-13)18(23)22-20(25)21-2/h3-11,16H,1-2H3,(H2,21,22,23,25)/t16-/m1/s1. The van der Waals surface area contributed by atoms with Gasteiger partial charge >= 0.3 is 12.0 Å². The number of nitrogens with one attached hydrogen (secondary N) is 2. The number of urea groups is 1. The first-order valence-corrected chi connectivity index (χ1v) is 9.09. The average molecular weight is 382 g/mol. The lowest BCUT2D eigenvalue weighted by molar-refractivity contribution is -0.129. The van der Waals surface area contributed by atoms with Crippen LogP contribution in [-0.2, 0) is 9.53 Å². The molecule has 0 saturated heterocycles. The van der Waals surface area contributed by atoms with Crippen molar-refractivity contribution < 1.29 is 19.1 Å². The van der Waals surface area contributed by atoms with Crippen LogP contribution in [0, 0.1) is 6.92 Å². The van der Waals surface area contributed by atoms with E-state index in [1.807, 2.05) is 31.2 Å². The molecule has 1 aromatic heterocycles. The third kappa shape index (κ3) is 3.98. The lowest BCUT2D eigenvalue weighted by Crippen LogP contribution is -2.41. The minimum Gasteiger partial charge on any atom is -0.443 e. The van der Waals surface area contributed by atoms with E-state index in [0.717, 1.165) is 15.6 Å². The Kier molecular flexibility index (Phi) is 5.52. The zero-order chi connectivity index (χ0) is 19.4. The van der Waals surface area contributed by atoms with Crippen molar-refractivity contribution in [2.24, 2.45) is 0 Å². The second-order valence-electron chi connectivity index (χ2n) is 5.82. The zero-order valence-electron chi connectivity index (χ0n) is 14.8. The van der Waals surface area contributed by atoms with Gasteiger partial charge in [-0.1, -0.05) is 48.5 Å². The van der Waals surface area contributed by atoms with E-state index < -0.39 is 24.0 Å². The molecule has 0 radical (unpaired) electrons. The molecule has 1 atom stereocenters. The molecule has 6 nitrogen and oxygen atoms in total. The van der Waals surface area contributed by atoms with E-state index in [1.54, 1.807) is 30.3 Å². The van der Waals surface area contributed by atoms with Gasteiger partial charge in [-0.15, -0.1) is 11.3 Å². The lowest BCUT2D eigenvalue weighted by Gasteiger charge is -2.17. The number of hydrogen-bond acceptors (Lipinski definition) is 5. The summed E-state index contributed by atoms with van der Waals surface area (Å²) in [5.41, 5.74) is 1.28. The van der Waals surface area contributed by atoms with Gasteiger partial charge in [-0.3, -0.25) is 10.1 Å². The third-order valence-electron chi connectivity index (χ3n) is 4.06. The van der Waals surface area contributed by atoms with Crippen molar-refractivity contribution >= 4 is 39.3 Å². The molecule has 138 valence electrons. The Morgan fingerprint density at radius 2 is 1.67 bits per heavy atom. The minimum absolute atomic E-state index is 0.435. The maximum Gasteiger partial charge on any atom is 0.349 e. The van der Waals surface area contributed by atoms with Crippen LogP contribution in [0.2, 0.25) is 0 Å². The van der Waals surface area contributed by atoms with Crippen molar-refractivity contribution in [2.45, 2.75) is 13.0 Å². The second-order valence-corrected chi connectivity index (χ2v) is 6.87. The highest BCUT2D eigenvalue weighted by Gasteiger charge is 2.28. The Labute approximate surface area is 160 Å². The Morgan fingerprint density at radius 1 is 1.00 bits per heavy atom.